The predicted molar refractivity (Wildman–Crippen MR) is 77.8 cm³/mol. The van der Waals surface area contributed by atoms with Crippen LogP contribution in [-0.2, 0) is 6.54 Å². The zero-order chi connectivity index (χ0) is 13.0. The number of nitrogens with one attached hydrogen (secondary N) is 1. The molecule has 0 aliphatic heterocycles. The largest absolute Gasteiger partial charge is 0.309 e. The SMILES string of the molecule is CSC1CCCCC1NCc1cc(F)cc(Cl)c1. The fourth-order valence-corrected chi connectivity index (χ4v) is 3.78. The Balaban J connectivity index is 1.93. The zero-order valence-electron chi connectivity index (χ0n) is 10.6. The van der Waals surface area contributed by atoms with Crippen LogP contribution in [0.3, 0.4) is 0 Å². The second-order valence-electron chi connectivity index (χ2n) is 4.82. The van der Waals surface area contributed by atoms with E-state index in [2.05, 4.69) is 11.6 Å². The fourth-order valence-electron chi connectivity index (χ4n) is 2.57. The van der Waals surface area contributed by atoms with E-state index in [1.807, 2.05) is 17.8 Å². The molecule has 1 aliphatic rings. The molecule has 100 valence electrons. The molecule has 1 nitrogen and oxygen atoms in total. The van der Waals surface area contributed by atoms with Gasteiger partial charge in [-0.05, 0) is 42.9 Å². The molecule has 1 saturated carbocycles. The summed E-state index contributed by atoms with van der Waals surface area (Å²) in [5.41, 5.74) is 0.922. The van der Waals surface area contributed by atoms with Crippen molar-refractivity contribution >= 4 is 23.4 Å². The molecule has 0 bridgehead atoms. The highest BCUT2D eigenvalue weighted by atomic mass is 35.5. The lowest BCUT2D eigenvalue weighted by atomic mass is 9.94. The summed E-state index contributed by atoms with van der Waals surface area (Å²) >= 11 is 7.79. The van der Waals surface area contributed by atoms with Gasteiger partial charge < -0.3 is 5.32 Å². The third-order valence-electron chi connectivity index (χ3n) is 3.50. The van der Waals surface area contributed by atoms with Crippen LogP contribution in [0.25, 0.3) is 0 Å². The number of hydrogen-bond acceptors (Lipinski definition) is 2. The fraction of sp³-hybridized carbons (Fsp3) is 0.571. The Hall–Kier alpha value is -0.250. The Morgan fingerprint density at radius 2 is 2.11 bits per heavy atom. The molecule has 2 atom stereocenters. The van der Waals surface area contributed by atoms with E-state index in [1.54, 1.807) is 6.07 Å². The van der Waals surface area contributed by atoms with Crippen molar-refractivity contribution in [2.24, 2.45) is 0 Å². The Kier molecular flexibility index (Phi) is 5.34. The summed E-state index contributed by atoms with van der Waals surface area (Å²) in [5.74, 6) is -0.260. The number of rotatable bonds is 4. The summed E-state index contributed by atoms with van der Waals surface area (Å²) < 4.78 is 13.2. The summed E-state index contributed by atoms with van der Waals surface area (Å²) in [7, 11) is 0. The molecule has 18 heavy (non-hydrogen) atoms. The number of halogens is 2. The summed E-state index contributed by atoms with van der Waals surface area (Å²) in [6, 6.07) is 5.26. The van der Waals surface area contributed by atoms with Gasteiger partial charge in [-0.2, -0.15) is 11.8 Å². The lowest BCUT2D eigenvalue weighted by molar-refractivity contribution is 0.383. The third kappa shape index (κ3) is 3.87. The molecule has 2 rings (SSSR count). The first kappa shape index (κ1) is 14.2. The van der Waals surface area contributed by atoms with Gasteiger partial charge in [0.05, 0.1) is 0 Å². The normalized spacial score (nSPS) is 24.2. The van der Waals surface area contributed by atoms with Gasteiger partial charge in [0.2, 0.25) is 0 Å². The van der Waals surface area contributed by atoms with Crippen LogP contribution in [0.4, 0.5) is 4.39 Å². The monoisotopic (exact) mass is 287 g/mol. The van der Waals surface area contributed by atoms with Crippen LogP contribution in [-0.4, -0.2) is 17.5 Å². The minimum Gasteiger partial charge on any atom is -0.309 e. The average molecular weight is 288 g/mol. The average Bonchev–Trinajstić information content (AvgIpc) is 2.35. The van der Waals surface area contributed by atoms with Gasteiger partial charge in [0, 0.05) is 22.9 Å². The highest BCUT2D eigenvalue weighted by molar-refractivity contribution is 7.99. The summed E-state index contributed by atoms with van der Waals surface area (Å²) in [4.78, 5) is 0. The van der Waals surface area contributed by atoms with Gasteiger partial charge in [-0.15, -0.1) is 0 Å². The number of thioether (sulfide) groups is 1. The van der Waals surface area contributed by atoms with E-state index in [9.17, 15) is 4.39 Å². The molecular formula is C14H19ClFNS. The highest BCUT2D eigenvalue weighted by Gasteiger charge is 2.23. The van der Waals surface area contributed by atoms with Crippen molar-refractivity contribution in [3.63, 3.8) is 0 Å². The Morgan fingerprint density at radius 3 is 2.83 bits per heavy atom. The molecule has 0 saturated heterocycles. The van der Waals surface area contributed by atoms with Gasteiger partial charge in [-0.3, -0.25) is 0 Å². The van der Waals surface area contributed by atoms with Gasteiger partial charge in [-0.25, -0.2) is 4.39 Å². The van der Waals surface area contributed by atoms with E-state index < -0.39 is 0 Å². The van der Waals surface area contributed by atoms with Crippen LogP contribution in [0.15, 0.2) is 18.2 Å². The Morgan fingerprint density at radius 1 is 1.33 bits per heavy atom. The van der Waals surface area contributed by atoms with Gasteiger partial charge in [0.25, 0.3) is 0 Å². The van der Waals surface area contributed by atoms with Gasteiger partial charge in [-0.1, -0.05) is 24.4 Å². The first-order valence-corrected chi connectivity index (χ1v) is 8.07. The van der Waals surface area contributed by atoms with Gasteiger partial charge in [0.1, 0.15) is 5.82 Å². The van der Waals surface area contributed by atoms with Crippen molar-refractivity contribution < 1.29 is 4.39 Å². The molecule has 1 fully saturated rings. The van der Waals surface area contributed by atoms with Gasteiger partial charge in [0.15, 0.2) is 0 Å². The summed E-state index contributed by atoms with van der Waals surface area (Å²) in [5, 5.41) is 4.70. The van der Waals surface area contributed by atoms with Crippen molar-refractivity contribution in [2.75, 3.05) is 6.26 Å². The maximum atomic E-state index is 13.2. The third-order valence-corrected chi connectivity index (χ3v) is 4.88. The highest BCUT2D eigenvalue weighted by Crippen LogP contribution is 2.27. The zero-order valence-corrected chi connectivity index (χ0v) is 12.2. The Labute approximate surface area is 117 Å². The standard InChI is InChI=1S/C14H19ClFNS/c1-18-14-5-3-2-4-13(14)17-9-10-6-11(15)8-12(16)7-10/h6-8,13-14,17H,2-5,9H2,1H3. The first-order chi connectivity index (χ1) is 8.69. The Bertz CT molecular complexity index is 379. The summed E-state index contributed by atoms with van der Waals surface area (Å²) in [6.45, 7) is 0.694. The molecule has 0 amide bonds. The minimum atomic E-state index is -0.260. The second kappa shape index (κ2) is 6.78. The van der Waals surface area contributed by atoms with Crippen molar-refractivity contribution in [3.05, 3.63) is 34.6 Å². The molecule has 0 spiro atoms. The second-order valence-corrected chi connectivity index (χ2v) is 6.34. The van der Waals surface area contributed by atoms with Crippen molar-refractivity contribution in [3.8, 4) is 0 Å². The molecule has 1 aromatic rings. The maximum Gasteiger partial charge on any atom is 0.125 e. The smallest absolute Gasteiger partial charge is 0.125 e. The first-order valence-electron chi connectivity index (χ1n) is 6.40. The molecule has 0 aromatic heterocycles. The number of hydrogen-bond donors (Lipinski definition) is 1. The van der Waals surface area contributed by atoms with Crippen LogP contribution in [0.5, 0.6) is 0 Å². The molecule has 0 heterocycles. The topological polar surface area (TPSA) is 12.0 Å². The predicted octanol–water partition coefficient (Wildman–Crippen LogP) is 4.24. The van der Waals surface area contributed by atoms with E-state index >= 15 is 0 Å². The quantitative estimate of drug-likeness (QED) is 0.889. The van der Waals surface area contributed by atoms with Gasteiger partial charge >= 0.3 is 0 Å². The molecule has 1 aliphatic carbocycles. The lowest BCUT2D eigenvalue weighted by Gasteiger charge is -2.31. The summed E-state index contributed by atoms with van der Waals surface area (Å²) in [6.07, 6.45) is 7.29. The van der Waals surface area contributed by atoms with E-state index in [0.29, 0.717) is 22.9 Å². The van der Waals surface area contributed by atoms with Crippen molar-refractivity contribution in [1.82, 2.24) is 5.32 Å². The minimum absolute atomic E-state index is 0.260. The van der Waals surface area contributed by atoms with Crippen LogP contribution >= 0.6 is 23.4 Å². The van der Waals surface area contributed by atoms with Crippen molar-refractivity contribution in [2.45, 2.75) is 43.5 Å². The molecular weight excluding hydrogens is 269 g/mol. The molecule has 4 heteroatoms. The number of benzene rings is 1. The van der Waals surface area contributed by atoms with E-state index in [-0.39, 0.29) is 5.82 Å². The van der Waals surface area contributed by atoms with Crippen LogP contribution < -0.4 is 5.32 Å². The van der Waals surface area contributed by atoms with Crippen LogP contribution in [0.1, 0.15) is 31.2 Å². The lowest BCUT2D eigenvalue weighted by Crippen LogP contribution is -2.39. The molecule has 1 N–H and O–H groups in total. The van der Waals surface area contributed by atoms with Crippen molar-refractivity contribution in [1.29, 1.82) is 0 Å². The molecule has 2 unspecified atom stereocenters. The maximum absolute atomic E-state index is 13.2. The van der Waals surface area contributed by atoms with Crippen LogP contribution in [0.2, 0.25) is 5.02 Å². The molecule has 1 aromatic carbocycles. The van der Waals surface area contributed by atoms with E-state index in [4.69, 9.17) is 11.6 Å². The molecule has 0 radical (unpaired) electrons. The van der Waals surface area contributed by atoms with E-state index in [0.717, 1.165) is 5.56 Å². The van der Waals surface area contributed by atoms with Crippen LogP contribution in [0, 0.1) is 5.82 Å². The van der Waals surface area contributed by atoms with E-state index in [1.165, 1.54) is 31.7 Å².